The van der Waals surface area contributed by atoms with Crippen molar-refractivity contribution in [3.8, 4) is 0 Å². The number of rotatable bonds is 4. The van der Waals surface area contributed by atoms with Crippen molar-refractivity contribution >= 4 is 0 Å². The van der Waals surface area contributed by atoms with Crippen molar-refractivity contribution < 1.29 is 9.13 Å². The molecule has 1 aliphatic carbocycles. The molecule has 1 aliphatic heterocycles. The van der Waals surface area contributed by atoms with E-state index in [-0.39, 0.29) is 11.2 Å². The van der Waals surface area contributed by atoms with Crippen molar-refractivity contribution in [2.75, 3.05) is 13.2 Å². The lowest BCUT2D eigenvalue weighted by Gasteiger charge is -2.60. The van der Waals surface area contributed by atoms with Crippen molar-refractivity contribution in [2.24, 2.45) is 11.3 Å². The van der Waals surface area contributed by atoms with E-state index >= 15 is 0 Å². The van der Waals surface area contributed by atoms with Gasteiger partial charge in [-0.05, 0) is 56.0 Å². The van der Waals surface area contributed by atoms with Crippen LogP contribution in [-0.2, 0) is 11.2 Å². The molecule has 2 aliphatic rings. The summed E-state index contributed by atoms with van der Waals surface area (Å²) in [6.45, 7) is 8.47. The van der Waals surface area contributed by atoms with Gasteiger partial charge >= 0.3 is 0 Å². The number of hydrogen-bond acceptors (Lipinski definition) is 2. The Morgan fingerprint density at radius 3 is 2.95 bits per heavy atom. The summed E-state index contributed by atoms with van der Waals surface area (Å²) in [5.74, 6) is 0.523. The Hall–Kier alpha value is -0.930. The molecule has 0 bridgehead atoms. The zero-order valence-corrected chi connectivity index (χ0v) is 13.3. The number of hydrogen-bond donors (Lipinski definition) is 1. The standard InChI is InChI=1S/C18H26FNO/c1-12-11-14(19)7-6-13(12)8-9-20-16-15-5-4-10-21-17(15)18(16,2)3/h6-7,11,15-17,20H,4-5,8-10H2,1-3H3. The zero-order valence-electron chi connectivity index (χ0n) is 13.3. The highest BCUT2D eigenvalue weighted by molar-refractivity contribution is 5.26. The van der Waals surface area contributed by atoms with Gasteiger partial charge in [0.15, 0.2) is 0 Å². The summed E-state index contributed by atoms with van der Waals surface area (Å²) >= 11 is 0. The van der Waals surface area contributed by atoms with Gasteiger partial charge in [-0.15, -0.1) is 0 Å². The molecule has 0 aromatic heterocycles. The van der Waals surface area contributed by atoms with Crippen LogP contribution in [0.2, 0.25) is 0 Å². The van der Waals surface area contributed by atoms with Crippen LogP contribution in [-0.4, -0.2) is 25.3 Å². The summed E-state index contributed by atoms with van der Waals surface area (Å²) in [5.41, 5.74) is 2.50. The SMILES string of the molecule is Cc1cc(F)ccc1CCNC1C2CCCOC2C1(C)C. The van der Waals surface area contributed by atoms with Gasteiger partial charge in [0.2, 0.25) is 0 Å². The molecular weight excluding hydrogens is 265 g/mol. The highest BCUT2D eigenvalue weighted by atomic mass is 19.1. The van der Waals surface area contributed by atoms with Gasteiger partial charge in [0.25, 0.3) is 0 Å². The first-order chi connectivity index (χ1) is 10.00. The lowest BCUT2D eigenvalue weighted by Crippen LogP contribution is -2.69. The molecule has 1 N–H and O–H groups in total. The average molecular weight is 291 g/mol. The summed E-state index contributed by atoms with van der Waals surface area (Å²) in [6.07, 6.45) is 3.85. The Morgan fingerprint density at radius 1 is 1.38 bits per heavy atom. The summed E-state index contributed by atoms with van der Waals surface area (Å²) in [6, 6.07) is 5.63. The second-order valence-electron chi connectivity index (χ2n) is 7.17. The van der Waals surface area contributed by atoms with Crippen LogP contribution >= 0.6 is 0 Å². The minimum atomic E-state index is -0.147. The third-order valence-electron chi connectivity index (χ3n) is 5.39. The molecule has 2 fully saturated rings. The monoisotopic (exact) mass is 291 g/mol. The van der Waals surface area contributed by atoms with Gasteiger partial charge in [-0.25, -0.2) is 4.39 Å². The van der Waals surface area contributed by atoms with E-state index in [1.807, 2.05) is 13.0 Å². The molecule has 3 rings (SSSR count). The van der Waals surface area contributed by atoms with Crippen molar-refractivity contribution in [3.63, 3.8) is 0 Å². The lowest BCUT2D eigenvalue weighted by atomic mass is 9.55. The van der Waals surface area contributed by atoms with Crippen LogP contribution in [0.5, 0.6) is 0 Å². The fraction of sp³-hybridized carbons (Fsp3) is 0.667. The molecule has 0 radical (unpaired) electrons. The molecule has 1 heterocycles. The van der Waals surface area contributed by atoms with E-state index in [1.54, 1.807) is 12.1 Å². The highest BCUT2D eigenvalue weighted by Crippen LogP contribution is 2.51. The molecule has 1 saturated heterocycles. The average Bonchev–Trinajstić information content (AvgIpc) is 2.45. The van der Waals surface area contributed by atoms with Gasteiger partial charge in [-0.2, -0.15) is 0 Å². The fourth-order valence-electron chi connectivity index (χ4n) is 4.24. The second-order valence-corrected chi connectivity index (χ2v) is 7.17. The molecule has 1 aromatic rings. The van der Waals surface area contributed by atoms with E-state index < -0.39 is 0 Å². The first-order valence-corrected chi connectivity index (χ1v) is 8.10. The van der Waals surface area contributed by atoms with Crippen molar-refractivity contribution in [1.82, 2.24) is 5.32 Å². The van der Waals surface area contributed by atoms with Crippen molar-refractivity contribution in [2.45, 2.75) is 52.2 Å². The normalized spacial score (nSPS) is 30.6. The Morgan fingerprint density at radius 2 is 2.19 bits per heavy atom. The minimum absolute atomic E-state index is 0.147. The van der Waals surface area contributed by atoms with E-state index in [1.165, 1.54) is 18.4 Å². The number of aryl methyl sites for hydroxylation is 1. The second kappa shape index (κ2) is 5.69. The van der Waals surface area contributed by atoms with Gasteiger partial charge < -0.3 is 10.1 Å². The number of benzene rings is 1. The number of nitrogens with one attached hydrogen (secondary N) is 1. The van der Waals surface area contributed by atoms with E-state index in [0.29, 0.717) is 18.1 Å². The number of fused-ring (bicyclic) bond motifs is 1. The Balaban J connectivity index is 1.55. The first-order valence-electron chi connectivity index (χ1n) is 8.10. The maximum absolute atomic E-state index is 13.1. The van der Waals surface area contributed by atoms with Crippen molar-refractivity contribution in [1.29, 1.82) is 0 Å². The predicted octanol–water partition coefficient (Wildman–Crippen LogP) is 3.47. The van der Waals surface area contributed by atoms with Gasteiger partial charge in [0, 0.05) is 24.0 Å². The Bertz CT molecular complexity index is 514. The summed E-state index contributed by atoms with van der Waals surface area (Å²) in [5, 5.41) is 3.73. The van der Waals surface area contributed by atoms with Crippen LogP contribution < -0.4 is 5.32 Å². The van der Waals surface area contributed by atoms with Crippen LogP contribution in [0, 0.1) is 24.1 Å². The quantitative estimate of drug-likeness (QED) is 0.917. The van der Waals surface area contributed by atoms with E-state index in [0.717, 1.165) is 25.1 Å². The smallest absolute Gasteiger partial charge is 0.123 e. The summed E-state index contributed by atoms with van der Waals surface area (Å²) < 4.78 is 19.1. The van der Waals surface area contributed by atoms with Crippen LogP contribution in [0.25, 0.3) is 0 Å². The molecule has 116 valence electrons. The van der Waals surface area contributed by atoms with Crippen LogP contribution in [0.1, 0.15) is 37.8 Å². The lowest BCUT2D eigenvalue weighted by molar-refractivity contribution is -0.192. The predicted molar refractivity (Wildman–Crippen MR) is 82.9 cm³/mol. The third kappa shape index (κ3) is 2.74. The maximum atomic E-state index is 13.1. The zero-order chi connectivity index (χ0) is 15.0. The molecule has 3 heteroatoms. The van der Waals surface area contributed by atoms with E-state index in [9.17, 15) is 4.39 Å². The van der Waals surface area contributed by atoms with Crippen LogP contribution in [0.3, 0.4) is 0 Å². The van der Waals surface area contributed by atoms with Gasteiger partial charge in [0.1, 0.15) is 5.82 Å². The largest absolute Gasteiger partial charge is 0.377 e. The molecule has 1 saturated carbocycles. The minimum Gasteiger partial charge on any atom is -0.377 e. The van der Waals surface area contributed by atoms with Crippen LogP contribution in [0.15, 0.2) is 18.2 Å². The molecule has 2 nitrogen and oxygen atoms in total. The van der Waals surface area contributed by atoms with Gasteiger partial charge in [-0.1, -0.05) is 19.9 Å². The Labute approximate surface area is 127 Å². The third-order valence-corrected chi connectivity index (χ3v) is 5.39. The van der Waals surface area contributed by atoms with E-state index in [4.69, 9.17) is 4.74 Å². The van der Waals surface area contributed by atoms with Crippen molar-refractivity contribution in [3.05, 3.63) is 35.1 Å². The molecule has 21 heavy (non-hydrogen) atoms. The highest BCUT2D eigenvalue weighted by Gasteiger charge is 2.57. The summed E-state index contributed by atoms with van der Waals surface area (Å²) in [7, 11) is 0. The molecule has 3 unspecified atom stereocenters. The van der Waals surface area contributed by atoms with Crippen LogP contribution in [0.4, 0.5) is 4.39 Å². The Kier molecular flexibility index (Phi) is 4.06. The maximum Gasteiger partial charge on any atom is 0.123 e. The first kappa shape index (κ1) is 15.0. The molecule has 0 spiro atoms. The molecule has 3 atom stereocenters. The number of ether oxygens (including phenoxy) is 1. The number of halogens is 1. The molecule has 1 aromatic carbocycles. The van der Waals surface area contributed by atoms with E-state index in [2.05, 4.69) is 19.2 Å². The molecule has 0 amide bonds. The fourth-order valence-corrected chi connectivity index (χ4v) is 4.24. The van der Waals surface area contributed by atoms with Gasteiger partial charge in [0.05, 0.1) is 6.10 Å². The topological polar surface area (TPSA) is 21.3 Å². The van der Waals surface area contributed by atoms with Gasteiger partial charge in [-0.3, -0.25) is 0 Å². The summed E-state index contributed by atoms with van der Waals surface area (Å²) in [4.78, 5) is 0. The molecular formula is C18H26FNO.